The molecule has 4 nitrogen and oxygen atoms in total. The Kier molecular flexibility index (Phi) is 4.07. The number of nitrogens with one attached hydrogen (secondary N) is 1. The van der Waals surface area contributed by atoms with Crippen molar-refractivity contribution in [2.45, 2.75) is 39.0 Å². The highest BCUT2D eigenvalue weighted by atomic mass is 16.3. The molecule has 0 bridgehead atoms. The van der Waals surface area contributed by atoms with Crippen molar-refractivity contribution in [2.24, 2.45) is 5.41 Å². The van der Waals surface area contributed by atoms with Gasteiger partial charge in [-0.15, -0.1) is 0 Å². The zero-order valence-corrected chi connectivity index (χ0v) is 11.1. The summed E-state index contributed by atoms with van der Waals surface area (Å²) in [6.07, 6.45) is 7.68. The first kappa shape index (κ1) is 13.1. The van der Waals surface area contributed by atoms with Crippen LogP contribution < -0.4 is 11.1 Å². The second-order valence-electron chi connectivity index (χ2n) is 5.52. The number of pyridine rings is 1. The predicted octanol–water partition coefficient (Wildman–Crippen LogP) is 2.33. The van der Waals surface area contributed by atoms with Gasteiger partial charge in [0.15, 0.2) is 0 Å². The number of aryl methyl sites for hydroxylation is 1. The highest BCUT2D eigenvalue weighted by molar-refractivity contribution is 5.61. The number of nitrogens with zero attached hydrogens (tertiary/aromatic N) is 1. The number of hydrogen-bond donors (Lipinski definition) is 3. The lowest BCUT2D eigenvalue weighted by Gasteiger charge is -2.35. The first-order valence-corrected chi connectivity index (χ1v) is 6.72. The van der Waals surface area contributed by atoms with Gasteiger partial charge in [0.1, 0.15) is 5.82 Å². The van der Waals surface area contributed by atoms with E-state index in [1.807, 2.05) is 19.2 Å². The Labute approximate surface area is 109 Å². The maximum atomic E-state index is 9.64. The summed E-state index contributed by atoms with van der Waals surface area (Å²) in [5.74, 6) is 0.735. The van der Waals surface area contributed by atoms with E-state index in [4.69, 9.17) is 5.73 Å². The van der Waals surface area contributed by atoms with Crippen LogP contribution in [0.2, 0.25) is 0 Å². The maximum Gasteiger partial charge on any atom is 0.149 e. The van der Waals surface area contributed by atoms with Crippen LogP contribution in [0.1, 0.15) is 37.7 Å². The first-order valence-electron chi connectivity index (χ1n) is 6.72. The van der Waals surface area contributed by atoms with Crippen LogP contribution in [-0.4, -0.2) is 23.2 Å². The van der Waals surface area contributed by atoms with Crippen LogP contribution in [-0.2, 0) is 0 Å². The van der Waals surface area contributed by atoms with Gasteiger partial charge in [0.25, 0.3) is 0 Å². The van der Waals surface area contributed by atoms with Crippen LogP contribution in [0.25, 0.3) is 0 Å². The van der Waals surface area contributed by atoms with Crippen LogP contribution in [0.15, 0.2) is 12.3 Å². The lowest BCUT2D eigenvalue weighted by Crippen LogP contribution is -2.35. The summed E-state index contributed by atoms with van der Waals surface area (Å²) < 4.78 is 0. The molecule has 1 aromatic heterocycles. The van der Waals surface area contributed by atoms with Crippen molar-refractivity contribution in [3.05, 3.63) is 17.8 Å². The van der Waals surface area contributed by atoms with E-state index in [9.17, 15) is 5.11 Å². The van der Waals surface area contributed by atoms with Crippen molar-refractivity contribution in [3.8, 4) is 0 Å². The van der Waals surface area contributed by atoms with Gasteiger partial charge in [0, 0.05) is 18.2 Å². The fraction of sp³-hybridized carbons (Fsp3) is 0.643. The molecule has 1 fully saturated rings. The predicted molar refractivity (Wildman–Crippen MR) is 74.5 cm³/mol. The topological polar surface area (TPSA) is 71.2 Å². The van der Waals surface area contributed by atoms with Gasteiger partial charge in [0.05, 0.1) is 12.3 Å². The van der Waals surface area contributed by atoms with Gasteiger partial charge in [0.2, 0.25) is 0 Å². The molecule has 1 aliphatic carbocycles. The lowest BCUT2D eigenvalue weighted by atomic mass is 9.74. The molecular weight excluding hydrogens is 226 g/mol. The summed E-state index contributed by atoms with van der Waals surface area (Å²) in [6, 6.07) is 1.92. The molecule has 0 radical (unpaired) electrons. The number of nitrogens with two attached hydrogens (primary N) is 1. The average molecular weight is 249 g/mol. The van der Waals surface area contributed by atoms with Crippen LogP contribution >= 0.6 is 0 Å². The molecule has 4 N–H and O–H groups in total. The zero-order valence-electron chi connectivity index (χ0n) is 11.1. The third-order valence-electron chi connectivity index (χ3n) is 3.93. The summed E-state index contributed by atoms with van der Waals surface area (Å²) >= 11 is 0. The Morgan fingerprint density at radius 2 is 2.11 bits per heavy atom. The highest BCUT2D eigenvalue weighted by Crippen LogP contribution is 2.36. The molecule has 4 heteroatoms. The molecule has 0 unspecified atom stereocenters. The quantitative estimate of drug-likeness (QED) is 0.766. The van der Waals surface area contributed by atoms with Gasteiger partial charge in [-0.25, -0.2) is 4.98 Å². The minimum absolute atomic E-state index is 0.0112. The van der Waals surface area contributed by atoms with Crippen LogP contribution in [0.5, 0.6) is 0 Å². The molecule has 0 saturated heterocycles. The minimum Gasteiger partial charge on any atom is -0.396 e. The number of aromatic nitrogens is 1. The monoisotopic (exact) mass is 249 g/mol. The van der Waals surface area contributed by atoms with Crippen molar-refractivity contribution >= 4 is 11.5 Å². The van der Waals surface area contributed by atoms with Crippen molar-refractivity contribution in [1.29, 1.82) is 0 Å². The highest BCUT2D eigenvalue weighted by Gasteiger charge is 2.31. The standard InChI is InChI=1S/C14H23N3O/c1-11-7-12(15)13(16-8-11)17-9-14(10-18)5-3-2-4-6-14/h7-8,18H,2-6,9-10,15H2,1H3,(H,16,17). The molecule has 1 aliphatic rings. The first-order chi connectivity index (χ1) is 8.65. The number of aliphatic hydroxyl groups is 1. The van der Waals surface area contributed by atoms with Crippen LogP contribution in [0.4, 0.5) is 11.5 Å². The third kappa shape index (κ3) is 2.93. The van der Waals surface area contributed by atoms with Gasteiger partial charge in [-0.3, -0.25) is 0 Å². The van der Waals surface area contributed by atoms with Gasteiger partial charge in [-0.1, -0.05) is 19.3 Å². The Morgan fingerprint density at radius 1 is 1.39 bits per heavy atom. The second-order valence-corrected chi connectivity index (χ2v) is 5.52. The summed E-state index contributed by atoms with van der Waals surface area (Å²) in [4.78, 5) is 4.31. The number of hydrogen-bond acceptors (Lipinski definition) is 4. The summed E-state index contributed by atoms with van der Waals surface area (Å²) in [5, 5.41) is 12.9. The molecular formula is C14H23N3O. The van der Waals surface area contributed by atoms with Gasteiger partial charge in [-0.05, 0) is 31.4 Å². The average Bonchev–Trinajstić information content (AvgIpc) is 2.39. The van der Waals surface area contributed by atoms with Gasteiger partial charge < -0.3 is 16.2 Å². The van der Waals surface area contributed by atoms with E-state index in [1.165, 1.54) is 19.3 Å². The van der Waals surface area contributed by atoms with Crippen molar-refractivity contribution in [2.75, 3.05) is 24.2 Å². The Morgan fingerprint density at radius 3 is 2.72 bits per heavy atom. The molecule has 1 heterocycles. The van der Waals surface area contributed by atoms with E-state index in [0.29, 0.717) is 5.69 Å². The molecule has 18 heavy (non-hydrogen) atoms. The smallest absolute Gasteiger partial charge is 0.149 e. The van der Waals surface area contributed by atoms with Crippen molar-refractivity contribution in [1.82, 2.24) is 4.98 Å². The normalized spacial score (nSPS) is 18.6. The van der Waals surface area contributed by atoms with E-state index in [2.05, 4.69) is 10.3 Å². The van der Waals surface area contributed by atoms with Crippen LogP contribution in [0.3, 0.4) is 0 Å². The fourth-order valence-corrected chi connectivity index (χ4v) is 2.70. The number of rotatable bonds is 4. The summed E-state index contributed by atoms with van der Waals surface area (Å²) in [7, 11) is 0. The molecule has 2 rings (SSSR count). The Bertz CT molecular complexity index is 400. The molecule has 100 valence electrons. The van der Waals surface area contributed by atoms with E-state index in [1.54, 1.807) is 0 Å². The fourth-order valence-electron chi connectivity index (χ4n) is 2.70. The molecule has 0 spiro atoms. The van der Waals surface area contributed by atoms with E-state index < -0.39 is 0 Å². The van der Waals surface area contributed by atoms with E-state index in [-0.39, 0.29) is 12.0 Å². The number of anilines is 2. The van der Waals surface area contributed by atoms with E-state index >= 15 is 0 Å². The Hall–Kier alpha value is -1.29. The second kappa shape index (κ2) is 5.57. The van der Waals surface area contributed by atoms with Crippen molar-refractivity contribution < 1.29 is 5.11 Å². The number of aliphatic hydroxyl groups excluding tert-OH is 1. The SMILES string of the molecule is Cc1cnc(NCC2(CO)CCCCC2)c(N)c1. The van der Waals surface area contributed by atoms with Crippen molar-refractivity contribution in [3.63, 3.8) is 0 Å². The molecule has 1 saturated carbocycles. The molecule has 0 aromatic carbocycles. The molecule has 0 amide bonds. The van der Waals surface area contributed by atoms with Gasteiger partial charge >= 0.3 is 0 Å². The van der Waals surface area contributed by atoms with E-state index in [0.717, 1.165) is 30.8 Å². The maximum absolute atomic E-state index is 9.64. The zero-order chi connectivity index (χ0) is 13.0. The molecule has 1 aromatic rings. The Balaban J connectivity index is 2.01. The molecule has 0 aliphatic heterocycles. The van der Waals surface area contributed by atoms with Crippen LogP contribution in [0, 0.1) is 12.3 Å². The largest absolute Gasteiger partial charge is 0.396 e. The third-order valence-corrected chi connectivity index (χ3v) is 3.93. The lowest BCUT2D eigenvalue weighted by molar-refractivity contribution is 0.0943. The minimum atomic E-state index is 0.0112. The summed E-state index contributed by atoms with van der Waals surface area (Å²) in [5.41, 5.74) is 7.69. The molecule has 0 atom stereocenters. The summed E-state index contributed by atoms with van der Waals surface area (Å²) in [6.45, 7) is 2.97. The van der Waals surface area contributed by atoms with Gasteiger partial charge in [-0.2, -0.15) is 0 Å². The number of nitrogen functional groups attached to an aromatic ring is 1.